The Morgan fingerprint density at radius 2 is 1.93 bits per heavy atom. The smallest absolute Gasteiger partial charge is 0.346 e. The molecule has 3 aromatic rings. The van der Waals surface area contributed by atoms with Crippen molar-refractivity contribution in [1.29, 1.82) is 0 Å². The highest BCUT2D eigenvalue weighted by Crippen LogP contribution is 2.14. The topological polar surface area (TPSA) is 81.8 Å². The number of hydrogen-bond acceptors (Lipinski definition) is 4. The van der Waals surface area contributed by atoms with Gasteiger partial charge >= 0.3 is 5.69 Å². The van der Waals surface area contributed by atoms with Crippen LogP contribution >= 0.6 is 0 Å². The van der Waals surface area contributed by atoms with Crippen LogP contribution in [0.4, 0.5) is 0 Å². The highest BCUT2D eigenvalue weighted by atomic mass is 16.2. The number of carbonyl (C=O) groups is 1. The van der Waals surface area contributed by atoms with Crippen molar-refractivity contribution in [1.82, 2.24) is 24.6 Å². The van der Waals surface area contributed by atoms with Gasteiger partial charge in [-0.2, -0.15) is 0 Å². The molecule has 0 saturated carbocycles. The van der Waals surface area contributed by atoms with Crippen LogP contribution in [0.3, 0.4) is 0 Å². The van der Waals surface area contributed by atoms with Crippen LogP contribution in [-0.2, 0) is 24.3 Å². The van der Waals surface area contributed by atoms with Gasteiger partial charge in [-0.3, -0.25) is 14.3 Å². The van der Waals surface area contributed by atoms with Crippen LogP contribution in [-0.4, -0.2) is 31.3 Å². The molecular weight excluding hydrogens is 354 g/mol. The van der Waals surface area contributed by atoms with Crippen molar-refractivity contribution in [3.63, 3.8) is 0 Å². The molecule has 28 heavy (non-hydrogen) atoms. The van der Waals surface area contributed by atoms with Gasteiger partial charge in [0, 0.05) is 36.5 Å². The number of amides is 1. The largest absolute Gasteiger partial charge is 0.352 e. The standard InChI is InChI=1S/C21H25N5O2/c1-4-25-20(17-10-6-5-7-11-17)24-26(21(25)28)14-19(27)23-16(3)13-18-15(2)9-8-12-22-18/h5-12,16H,4,13-14H2,1-3H3,(H,23,27). The third-order valence-corrected chi connectivity index (χ3v) is 4.59. The van der Waals surface area contributed by atoms with Gasteiger partial charge in [0.05, 0.1) is 0 Å². The van der Waals surface area contributed by atoms with Gasteiger partial charge in [0.1, 0.15) is 6.54 Å². The van der Waals surface area contributed by atoms with Crippen molar-refractivity contribution in [3.8, 4) is 11.4 Å². The van der Waals surface area contributed by atoms with Crippen molar-refractivity contribution >= 4 is 5.91 Å². The molecular formula is C21H25N5O2. The second-order valence-electron chi connectivity index (χ2n) is 6.81. The van der Waals surface area contributed by atoms with Gasteiger partial charge < -0.3 is 5.32 Å². The molecule has 7 nitrogen and oxygen atoms in total. The summed E-state index contributed by atoms with van der Waals surface area (Å²) in [5.41, 5.74) is 2.60. The number of carbonyl (C=O) groups excluding carboxylic acids is 1. The minimum absolute atomic E-state index is 0.0985. The Labute approximate surface area is 164 Å². The first-order valence-corrected chi connectivity index (χ1v) is 9.42. The summed E-state index contributed by atoms with van der Waals surface area (Å²) in [6.07, 6.45) is 2.38. The van der Waals surface area contributed by atoms with E-state index in [1.165, 1.54) is 4.68 Å². The summed E-state index contributed by atoms with van der Waals surface area (Å²) >= 11 is 0. The van der Waals surface area contributed by atoms with Crippen LogP contribution in [0.5, 0.6) is 0 Å². The van der Waals surface area contributed by atoms with Crippen LogP contribution in [0.25, 0.3) is 11.4 Å². The van der Waals surface area contributed by atoms with Crippen molar-refractivity contribution < 1.29 is 4.79 Å². The number of aryl methyl sites for hydroxylation is 1. The molecule has 0 spiro atoms. The Bertz CT molecular complexity index is 1010. The van der Waals surface area contributed by atoms with E-state index in [4.69, 9.17) is 0 Å². The van der Waals surface area contributed by atoms with E-state index in [1.807, 2.05) is 63.2 Å². The van der Waals surface area contributed by atoms with Crippen LogP contribution in [0.2, 0.25) is 0 Å². The second kappa shape index (κ2) is 8.65. The van der Waals surface area contributed by atoms with Crippen LogP contribution < -0.4 is 11.0 Å². The quantitative estimate of drug-likeness (QED) is 0.682. The van der Waals surface area contributed by atoms with Gasteiger partial charge in [-0.25, -0.2) is 9.48 Å². The highest BCUT2D eigenvalue weighted by Gasteiger charge is 2.17. The predicted molar refractivity (Wildman–Crippen MR) is 108 cm³/mol. The fourth-order valence-electron chi connectivity index (χ4n) is 3.16. The average Bonchev–Trinajstić information content (AvgIpc) is 2.99. The molecule has 0 radical (unpaired) electrons. The summed E-state index contributed by atoms with van der Waals surface area (Å²) in [7, 11) is 0. The molecule has 3 rings (SSSR count). The van der Waals surface area contributed by atoms with Gasteiger partial charge in [0.15, 0.2) is 5.82 Å². The normalized spacial score (nSPS) is 12.0. The van der Waals surface area contributed by atoms with Crippen LogP contribution in [0.15, 0.2) is 53.5 Å². The zero-order valence-corrected chi connectivity index (χ0v) is 16.4. The lowest BCUT2D eigenvalue weighted by Gasteiger charge is -2.14. The Balaban J connectivity index is 1.71. The van der Waals surface area contributed by atoms with Crippen molar-refractivity contribution in [2.24, 2.45) is 0 Å². The second-order valence-corrected chi connectivity index (χ2v) is 6.81. The highest BCUT2D eigenvalue weighted by molar-refractivity contribution is 5.76. The van der Waals surface area contributed by atoms with E-state index < -0.39 is 0 Å². The van der Waals surface area contributed by atoms with Crippen LogP contribution in [0.1, 0.15) is 25.1 Å². The first-order valence-electron chi connectivity index (χ1n) is 9.42. The minimum atomic E-state index is -0.287. The molecule has 0 aliphatic rings. The first-order chi connectivity index (χ1) is 13.5. The van der Waals surface area contributed by atoms with Gasteiger partial charge in [-0.15, -0.1) is 5.10 Å². The average molecular weight is 379 g/mol. The lowest BCUT2D eigenvalue weighted by atomic mass is 10.1. The van der Waals surface area contributed by atoms with Gasteiger partial charge in [0.2, 0.25) is 5.91 Å². The number of pyridine rings is 1. The summed E-state index contributed by atoms with van der Waals surface area (Å²) in [5, 5.41) is 7.32. The number of hydrogen-bond donors (Lipinski definition) is 1. The predicted octanol–water partition coefficient (Wildman–Crippen LogP) is 2.18. The lowest BCUT2D eigenvalue weighted by molar-refractivity contribution is -0.122. The monoisotopic (exact) mass is 379 g/mol. The van der Waals surface area contributed by atoms with Crippen molar-refractivity contribution in [2.45, 2.75) is 46.3 Å². The van der Waals surface area contributed by atoms with Gasteiger partial charge in [-0.1, -0.05) is 36.4 Å². The zero-order valence-electron chi connectivity index (χ0n) is 16.4. The van der Waals surface area contributed by atoms with E-state index >= 15 is 0 Å². The Kier molecular flexibility index (Phi) is 6.03. The molecule has 1 N–H and O–H groups in total. The van der Waals surface area contributed by atoms with E-state index in [1.54, 1.807) is 10.8 Å². The fourth-order valence-corrected chi connectivity index (χ4v) is 3.16. The molecule has 0 aliphatic carbocycles. The van der Waals surface area contributed by atoms with E-state index in [-0.39, 0.29) is 24.2 Å². The number of benzene rings is 1. The van der Waals surface area contributed by atoms with Crippen molar-refractivity contribution in [3.05, 3.63) is 70.4 Å². The molecule has 0 saturated heterocycles. The molecule has 1 unspecified atom stereocenters. The number of rotatable bonds is 7. The maximum absolute atomic E-state index is 12.6. The molecule has 1 aromatic carbocycles. The molecule has 146 valence electrons. The molecule has 0 fully saturated rings. The zero-order chi connectivity index (χ0) is 20.1. The molecule has 0 bridgehead atoms. The SMILES string of the molecule is CCn1c(-c2ccccc2)nn(CC(=O)NC(C)Cc2ncccc2C)c1=O. The van der Waals surface area contributed by atoms with E-state index in [9.17, 15) is 9.59 Å². The third-order valence-electron chi connectivity index (χ3n) is 4.59. The van der Waals surface area contributed by atoms with E-state index in [2.05, 4.69) is 15.4 Å². The molecule has 1 atom stereocenters. The lowest BCUT2D eigenvalue weighted by Crippen LogP contribution is -2.39. The minimum Gasteiger partial charge on any atom is -0.352 e. The molecule has 0 aliphatic heterocycles. The summed E-state index contributed by atoms with van der Waals surface area (Å²) in [6, 6.07) is 13.3. The molecule has 2 heterocycles. The van der Waals surface area contributed by atoms with Gasteiger partial charge in [-0.05, 0) is 32.4 Å². The Hall–Kier alpha value is -3.22. The van der Waals surface area contributed by atoms with Gasteiger partial charge in [0.25, 0.3) is 0 Å². The van der Waals surface area contributed by atoms with Crippen LogP contribution in [0, 0.1) is 6.92 Å². The summed E-state index contributed by atoms with van der Waals surface area (Å²) < 4.78 is 2.79. The summed E-state index contributed by atoms with van der Waals surface area (Å²) in [4.78, 5) is 29.4. The fraction of sp³-hybridized carbons (Fsp3) is 0.333. The maximum Gasteiger partial charge on any atom is 0.346 e. The van der Waals surface area contributed by atoms with Crippen molar-refractivity contribution in [2.75, 3.05) is 0 Å². The maximum atomic E-state index is 12.6. The number of nitrogens with zero attached hydrogens (tertiary/aromatic N) is 4. The summed E-state index contributed by atoms with van der Waals surface area (Å²) in [5.74, 6) is 0.321. The van der Waals surface area contributed by atoms with E-state index in [0.29, 0.717) is 18.8 Å². The molecule has 7 heteroatoms. The number of nitrogens with one attached hydrogen (secondary N) is 1. The molecule has 1 amide bonds. The third kappa shape index (κ3) is 4.36. The molecule has 2 aromatic heterocycles. The van der Waals surface area contributed by atoms with E-state index in [0.717, 1.165) is 16.8 Å². The number of aromatic nitrogens is 4. The summed E-state index contributed by atoms with van der Waals surface area (Å²) in [6.45, 7) is 6.18. The first kappa shape index (κ1) is 19.5. The Morgan fingerprint density at radius 1 is 1.18 bits per heavy atom. The Morgan fingerprint density at radius 3 is 2.61 bits per heavy atom.